The molecular weight excluding hydrogens is 309 g/mol. The number of aliphatic hydroxyl groups excluding tert-OH is 1. The summed E-state index contributed by atoms with van der Waals surface area (Å²) in [5.74, 6) is -0.554. The number of amides is 1. The largest absolute Gasteiger partial charge is 0.494 e. The van der Waals surface area contributed by atoms with Crippen molar-refractivity contribution >= 4 is 5.91 Å². The van der Waals surface area contributed by atoms with Crippen molar-refractivity contribution in [1.29, 1.82) is 0 Å². The third kappa shape index (κ3) is 5.06. The molecule has 0 fully saturated rings. The maximum absolute atomic E-state index is 13.6. The molecule has 2 aromatic rings. The Balaban J connectivity index is 1.86. The fourth-order valence-corrected chi connectivity index (χ4v) is 2.54. The SMILES string of the molecule is COc1ccc(CC(=O)NC(C)CC(O)c2ccccc2)cc1F. The molecule has 4 nitrogen and oxygen atoms in total. The van der Waals surface area contributed by atoms with Crippen LogP contribution in [0.4, 0.5) is 4.39 Å². The predicted octanol–water partition coefficient (Wildman–Crippen LogP) is 3.01. The van der Waals surface area contributed by atoms with Crippen LogP contribution >= 0.6 is 0 Å². The molecule has 128 valence electrons. The number of carbonyl (C=O) groups is 1. The molecule has 0 spiro atoms. The molecule has 5 heteroatoms. The Labute approximate surface area is 141 Å². The van der Waals surface area contributed by atoms with Crippen LogP contribution in [0.15, 0.2) is 48.5 Å². The average molecular weight is 331 g/mol. The minimum atomic E-state index is -0.639. The van der Waals surface area contributed by atoms with Crippen LogP contribution in [0.3, 0.4) is 0 Å². The van der Waals surface area contributed by atoms with E-state index in [1.807, 2.05) is 37.3 Å². The Kier molecular flexibility index (Phi) is 6.32. The van der Waals surface area contributed by atoms with Gasteiger partial charge in [-0.3, -0.25) is 4.79 Å². The topological polar surface area (TPSA) is 58.6 Å². The summed E-state index contributed by atoms with van der Waals surface area (Å²) in [7, 11) is 1.39. The minimum Gasteiger partial charge on any atom is -0.494 e. The summed E-state index contributed by atoms with van der Waals surface area (Å²) in [4.78, 5) is 12.1. The summed E-state index contributed by atoms with van der Waals surface area (Å²) in [5, 5.41) is 13.0. The van der Waals surface area contributed by atoms with Gasteiger partial charge in [-0.25, -0.2) is 4.39 Å². The molecule has 2 aromatic carbocycles. The monoisotopic (exact) mass is 331 g/mol. The lowest BCUT2D eigenvalue weighted by molar-refractivity contribution is -0.121. The molecule has 0 aliphatic carbocycles. The molecule has 0 saturated carbocycles. The van der Waals surface area contributed by atoms with Crippen LogP contribution in [0.25, 0.3) is 0 Å². The Morgan fingerprint density at radius 2 is 1.96 bits per heavy atom. The van der Waals surface area contributed by atoms with Gasteiger partial charge >= 0.3 is 0 Å². The van der Waals surface area contributed by atoms with Gasteiger partial charge in [-0.1, -0.05) is 36.4 Å². The molecule has 2 unspecified atom stereocenters. The number of hydrogen-bond acceptors (Lipinski definition) is 3. The second-order valence-corrected chi connectivity index (χ2v) is 5.78. The molecule has 0 saturated heterocycles. The number of benzene rings is 2. The summed E-state index contributed by atoms with van der Waals surface area (Å²) in [5.41, 5.74) is 1.39. The second-order valence-electron chi connectivity index (χ2n) is 5.78. The van der Waals surface area contributed by atoms with Crippen molar-refractivity contribution in [3.8, 4) is 5.75 Å². The van der Waals surface area contributed by atoms with Gasteiger partial charge in [0.25, 0.3) is 0 Å². The third-order valence-electron chi connectivity index (χ3n) is 3.75. The summed E-state index contributed by atoms with van der Waals surface area (Å²) in [6.07, 6.45) is -0.153. The highest BCUT2D eigenvalue weighted by molar-refractivity contribution is 5.78. The van der Waals surface area contributed by atoms with Crippen LogP contribution in [0.2, 0.25) is 0 Å². The highest BCUT2D eigenvalue weighted by atomic mass is 19.1. The number of rotatable bonds is 7. The van der Waals surface area contributed by atoms with Gasteiger partial charge in [0.05, 0.1) is 19.6 Å². The lowest BCUT2D eigenvalue weighted by atomic mass is 10.0. The first-order valence-corrected chi connectivity index (χ1v) is 7.84. The van der Waals surface area contributed by atoms with E-state index in [1.54, 1.807) is 6.07 Å². The molecule has 0 bridgehead atoms. The van der Waals surface area contributed by atoms with Gasteiger partial charge in [0, 0.05) is 6.04 Å². The molecule has 2 rings (SSSR count). The van der Waals surface area contributed by atoms with E-state index < -0.39 is 11.9 Å². The van der Waals surface area contributed by atoms with Gasteiger partial charge in [0.15, 0.2) is 11.6 Å². The van der Waals surface area contributed by atoms with Gasteiger partial charge in [-0.05, 0) is 36.6 Å². The van der Waals surface area contributed by atoms with Crippen LogP contribution in [0, 0.1) is 5.82 Å². The van der Waals surface area contributed by atoms with E-state index in [0.29, 0.717) is 12.0 Å². The second kappa shape index (κ2) is 8.45. The molecule has 24 heavy (non-hydrogen) atoms. The molecule has 0 aromatic heterocycles. The molecule has 1 amide bonds. The minimum absolute atomic E-state index is 0.0761. The van der Waals surface area contributed by atoms with Crippen molar-refractivity contribution in [3.63, 3.8) is 0 Å². The standard InChI is InChI=1S/C19H22FNO3/c1-13(10-17(22)15-6-4-3-5-7-15)21-19(23)12-14-8-9-18(24-2)16(20)11-14/h3-9,11,13,17,22H,10,12H2,1-2H3,(H,21,23). The van der Waals surface area contributed by atoms with Crippen molar-refractivity contribution < 1.29 is 19.0 Å². The van der Waals surface area contributed by atoms with Crippen molar-refractivity contribution in [2.24, 2.45) is 0 Å². The van der Waals surface area contributed by atoms with Gasteiger partial charge in [0.1, 0.15) is 0 Å². The number of aliphatic hydroxyl groups is 1. The van der Waals surface area contributed by atoms with Crippen LogP contribution in [-0.2, 0) is 11.2 Å². The van der Waals surface area contributed by atoms with Crippen molar-refractivity contribution in [2.75, 3.05) is 7.11 Å². The Hall–Kier alpha value is -2.40. The first-order valence-electron chi connectivity index (χ1n) is 7.84. The predicted molar refractivity (Wildman–Crippen MR) is 90.3 cm³/mol. The smallest absolute Gasteiger partial charge is 0.224 e. The van der Waals surface area contributed by atoms with Crippen molar-refractivity contribution in [2.45, 2.75) is 31.9 Å². The van der Waals surface area contributed by atoms with E-state index in [2.05, 4.69) is 5.32 Å². The zero-order valence-electron chi connectivity index (χ0n) is 13.8. The first-order chi connectivity index (χ1) is 11.5. The average Bonchev–Trinajstić information content (AvgIpc) is 2.55. The lowest BCUT2D eigenvalue weighted by Crippen LogP contribution is -2.34. The Morgan fingerprint density at radius 1 is 1.25 bits per heavy atom. The molecule has 0 radical (unpaired) electrons. The van der Waals surface area contributed by atoms with Gasteiger partial charge in [0.2, 0.25) is 5.91 Å². The van der Waals surface area contributed by atoms with E-state index in [-0.39, 0.29) is 24.1 Å². The van der Waals surface area contributed by atoms with E-state index in [9.17, 15) is 14.3 Å². The molecule has 2 atom stereocenters. The number of halogens is 1. The fourth-order valence-electron chi connectivity index (χ4n) is 2.54. The molecular formula is C19H22FNO3. The number of ether oxygens (including phenoxy) is 1. The van der Waals surface area contributed by atoms with Crippen LogP contribution in [0.5, 0.6) is 5.75 Å². The van der Waals surface area contributed by atoms with Crippen molar-refractivity contribution in [3.05, 3.63) is 65.5 Å². The number of carbonyl (C=O) groups excluding carboxylic acids is 1. The number of methoxy groups -OCH3 is 1. The highest BCUT2D eigenvalue weighted by Gasteiger charge is 2.15. The van der Waals surface area contributed by atoms with Crippen LogP contribution in [-0.4, -0.2) is 24.2 Å². The zero-order chi connectivity index (χ0) is 17.5. The Morgan fingerprint density at radius 3 is 2.58 bits per heavy atom. The zero-order valence-corrected chi connectivity index (χ0v) is 13.8. The van der Waals surface area contributed by atoms with Crippen molar-refractivity contribution in [1.82, 2.24) is 5.32 Å². The molecule has 0 aliphatic rings. The summed E-state index contributed by atoms with van der Waals surface area (Å²) in [6.45, 7) is 1.83. The Bertz CT molecular complexity index is 676. The normalized spacial score (nSPS) is 13.2. The van der Waals surface area contributed by atoms with Gasteiger partial charge in [-0.15, -0.1) is 0 Å². The van der Waals surface area contributed by atoms with Crippen LogP contribution in [0.1, 0.15) is 30.6 Å². The van der Waals surface area contributed by atoms with Crippen LogP contribution < -0.4 is 10.1 Å². The highest BCUT2D eigenvalue weighted by Crippen LogP contribution is 2.19. The fraction of sp³-hybridized carbons (Fsp3) is 0.316. The van der Waals surface area contributed by atoms with Gasteiger partial charge < -0.3 is 15.2 Å². The summed E-state index contributed by atoms with van der Waals surface area (Å²) < 4.78 is 18.5. The van der Waals surface area contributed by atoms with E-state index in [4.69, 9.17) is 4.74 Å². The molecule has 2 N–H and O–H groups in total. The third-order valence-corrected chi connectivity index (χ3v) is 3.75. The summed E-state index contributed by atoms with van der Waals surface area (Å²) in [6, 6.07) is 13.6. The molecule has 0 heterocycles. The quantitative estimate of drug-likeness (QED) is 0.820. The molecule has 0 aliphatic heterocycles. The first kappa shape index (κ1) is 17.9. The van der Waals surface area contributed by atoms with E-state index in [1.165, 1.54) is 19.2 Å². The number of nitrogens with one attached hydrogen (secondary N) is 1. The maximum atomic E-state index is 13.6. The van der Waals surface area contributed by atoms with Gasteiger partial charge in [-0.2, -0.15) is 0 Å². The van der Waals surface area contributed by atoms with E-state index >= 15 is 0 Å². The number of hydrogen-bond donors (Lipinski definition) is 2. The lowest BCUT2D eigenvalue weighted by Gasteiger charge is -2.18. The maximum Gasteiger partial charge on any atom is 0.224 e. The van der Waals surface area contributed by atoms with E-state index in [0.717, 1.165) is 5.56 Å². The summed E-state index contributed by atoms with van der Waals surface area (Å²) >= 11 is 0.